The molecule has 23 heavy (non-hydrogen) atoms. The third-order valence-corrected chi connectivity index (χ3v) is 5.17. The van der Waals surface area contributed by atoms with E-state index in [-0.39, 0.29) is 18.0 Å². The largest absolute Gasteiger partial charge is 0.480 e. The number of amides is 1. The molecule has 1 aromatic rings. The predicted molar refractivity (Wildman–Crippen MR) is 77.4 cm³/mol. The molecule has 4 rings (SSSR count). The lowest BCUT2D eigenvalue weighted by molar-refractivity contribution is -0.148. The number of carbonyl (C=O) groups excluding carboxylic acids is 2. The summed E-state index contributed by atoms with van der Waals surface area (Å²) in [5.41, 5.74) is 9.99. The highest BCUT2D eigenvalue weighted by molar-refractivity contribution is 5.92. The summed E-state index contributed by atoms with van der Waals surface area (Å²) in [6, 6.07) is 3.01. The second kappa shape index (κ2) is 5.26. The van der Waals surface area contributed by atoms with Crippen molar-refractivity contribution in [3.8, 4) is 5.75 Å². The van der Waals surface area contributed by atoms with Gasteiger partial charge in [-0.1, -0.05) is 0 Å². The molecule has 0 saturated heterocycles. The minimum Gasteiger partial charge on any atom is -0.480 e. The van der Waals surface area contributed by atoms with E-state index >= 15 is 0 Å². The van der Waals surface area contributed by atoms with E-state index in [1.54, 1.807) is 0 Å². The number of primary amides is 1. The molecule has 3 fully saturated rings. The Morgan fingerprint density at radius 1 is 1.17 bits per heavy atom. The molecule has 0 aromatic heterocycles. The van der Waals surface area contributed by atoms with Crippen molar-refractivity contribution in [2.45, 2.75) is 43.7 Å². The SMILES string of the molecule is NC(=O)C(Oc1ccc(F)c(F)c1)C12CCC(N)(CC1)C(=O)C2. The van der Waals surface area contributed by atoms with Crippen LogP contribution in [0.3, 0.4) is 0 Å². The van der Waals surface area contributed by atoms with Gasteiger partial charge in [-0.15, -0.1) is 0 Å². The quantitative estimate of drug-likeness (QED) is 0.876. The highest BCUT2D eigenvalue weighted by Gasteiger charge is 2.57. The summed E-state index contributed by atoms with van der Waals surface area (Å²) < 4.78 is 31.9. The fourth-order valence-electron chi connectivity index (χ4n) is 3.67. The topological polar surface area (TPSA) is 95.4 Å². The zero-order valence-electron chi connectivity index (χ0n) is 12.5. The number of ether oxygens (including phenoxy) is 1. The molecule has 0 heterocycles. The Morgan fingerprint density at radius 3 is 2.35 bits per heavy atom. The van der Waals surface area contributed by atoms with Crippen molar-refractivity contribution in [2.75, 3.05) is 0 Å². The van der Waals surface area contributed by atoms with Gasteiger partial charge in [0.25, 0.3) is 5.91 Å². The normalized spacial score (nSPS) is 31.0. The lowest BCUT2D eigenvalue weighted by Crippen LogP contribution is -2.64. The molecule has 0 aliphatic heterocycles. The number of halogens is 2. The minimum atomic E-state index is -1.08. The molecule has 1 unspecified atom stereocenters. The van der Waals surface area contributed by atoms with Crippen LogP contribution in [0.1, 0.15) is 32.1 Å². The van der Waals surface area contributed by atoms with E-state index in [0.717, 1.165) is 12.1 Å². The minimum absolute atomic E-state index is 0.00434. The molecule has 7 heteroatoms. The molecule has 0 spiro atoms. The van der Waals surface area contributed by atoms with E-state index in [1.165, 1.54) is 6.07 Å². The first kappa shape index (κ1) is 15.9. The third kappa shape index (κ3) is 2.59. The van der Waals surface area contributed by atoms with Gasteiger partial charge in [-0.25, -0.2) is 8.78 Å². The van der Waals surface area contributed by atoms with Gasteiger partial charge < -0.3 is 16.2 Å². The van der Waals surface area contributed by atoms with E-state index in [4.69, 9.17) is 16.2 Å². The predicted octanol–water partition coefficient (Wildman–Crippen LogP) is 1.43. The van der Waals surface area contributed by atoms with Crippen molar-refractivity contribution in [3.05, 3.63) is 29.8 Å². The zero-order chi connectivity index (χ0) is 16.8. The van der Waals surface area contributed by atoms with Crippen molar-refractivity contribution in [2.24, 2.45) is 16.9 Å². The lowest BCUT2D eigenvalue weighted by Gasteiger charge is -2.52. The standard InChI is InChI=1S/C16H18F2N2O3/c17-10-2-1-9(7-11(10)18)23-13(14(19)22)15-3-5-16(20,6-4-15)12(21)8-15/h1-2,7,13H,3-6,8,20H2,(H2,19,22). The van der Waals surface area contributed by atoms with Crippen LogP contribution in [0.5, 0.6) is 5.75 Å². The Hall–Kier alpha value is -2.02. The van der Waals surface area contributed by atoms with Gasteiger partial charge >= 0.3 is 0 Å². The molecule has 3 aliphatic carbocycles. The van der Waals surface area contributed by atoms with Crippen molar-refractivity contribution in [1.82, 2.24) is 0 Å². The molecule has 3 saturated carbocycles. The van der Waals surface area contributed by atoms with E-state index in [9.17, 15) is 18.4 Å². The van der Waals surface area contributed by atoms with Crippen LogP contribution in [0.2, 0.25) is 0 Å². The number of nitrogens with two attached hydrogens (primary N) is 2. The Bertz CT molecular complexity index is 669. The molecule has 2 bridgehead atoms. The summed E-state index contributed by atoms with van der Waals surface area (Å²) in [7, 11) is 0. The second-order valence-corrected chi connectivity index (χ2v) is 6.59. The number of ketones is 1. The van der Waals surface area contributed by atoms with Crippen LogP contribution < -0.4 is 16.2 Å². The lowest BCUT2D eigenvalue weighted by atomic mass is 9.55. The van der Waals surface area contributed by atoms with Gasteiger partial charge in [-0.2, -0.15) is 0 Å². The Balaban J connectivity index is 1.89. The van der Waals surface area contributed by atoms with Gasteiger partial charge in [-0.3, -0.25) is 9.59 Å². The van der Waals surface area contributed by atoms with Crippen LogP contribution in [0.25, 0.3) is 0 Å². The van der Waals surface area contributed by atoms with Crippen LogP contribution in [-0.2, 0) is 9.59 Å². The van der Waals surface area contributed by atoms with E-state index in [2.05, 4.69) is 0 Å². The second-order valence-electron chi connectivity index (χ2n) is 6.59. The fourth-order valence-corrected chi connectivity index (χ4v) is 3.67. The smallest absolute Gasteiger partial charge is 0.259 e. The molecule has 1 amide bonds. The molecule has 5 nitrogen and oxygen atoms in total. The van der Waals surface area contributed by atoms with Gasteiger partial charge in [0.1, 0.15) is 5.75 Å². The summed E-state index contributed by atoms with van der Waals surface area (Å²) in [6.07, 6.45) is 1.04. The summed E-state index contributed by atoms with van der Waals surface area (Å²) in [4.78, 5) is 24.1. The molecule has 1 atom stereocenters. The van der Waals surface area contributed by atoms with E-state index in [0.29, 0.717) is 25.7 Å². The molecule has 4 N–H and O–H groups in total. The highest BCUT2D eigenvalue weighted by Crippen LogP contribution is 2.52. The average molecular weight is 324 g/mol. The fraction of sp³-hybridized carbons (Fsp3) is 0.500. The number of rotatable bonds is 4. The summed E-state index contributed by atoms with van der Waals surface area (Å²) in [5, 5.41) is 0. The summed E-state index contributed by atoms with van der Waals surface area (Å²) >= 11 is 0. The van der Waals surface area contributed by atoms with Crippen LogP contribution in [0.15, 0.2) is 18.2 Å². The third-order valence-electron chi connectivity index (χ3n) is 5.17. The van der Waals surface area contributed by atoms with Crippen molar-refractivity contribution >= 4 is 11.7 Å². The summed E-state index contributed by atoms with van der Waals surface area (Å²) in [5.74, 6) is -2.91. The number of hydrogen-bond donors (Lipinski definition) is 2. The Labute approximate surface area is 132 Å². The van der Waals surface area contributed by atoms with Crippen molar-refractivity contribution in [3.63, 3.8) is 0 Å². The van der Waals surface area contributed by atoms with Crippen LogP contribution >= 0.6 is 0 Å². The first-order valence-electron chi connectivity index (χ1n) is 7.49. The average Bonchev–Trinajstić information content (AvgIpc) is 2.50. The molecule has 1 aromatic carbocycles. The number of hydrogen-bond acceptors (Lipinski definition) is 4. The number of fused-ring (bicyclic) bond motifs is 3. The van der Waals surface area contributed by atoms with Gasteiger partial charge in [-0.05, 0) is 37.8 Å². The zero-order valence-corrected chi connectivity index (χ0v) is 12.5. The van der Waals surface area contributed by atoms with Gasteiger partial charge in [0.2, 0.25) is 0 Å². The van der Waals surface area contributed by atoms with E-state index < -0.39 is 34.6 Å². The van der Waals surface area contributed by atoms with Crippen LogP contribution in [0, 0.1) is 17.0 Å². The number of carbonyl (C=O) groups is 2. The van der Waals surface area contributed by atoms with Crippen LogP contribution in [0.4, 0.5) is 8.78 Å². The van der Waals surface area contributed by atoms with Gasteiger partial charge in [0.15, 0.2) is 23.5 Å². The van der Waals surface area contributed by atoms with Gasteiger partial charge in [0, 0.05) is 17.9 Å². The van der Waals surface area contributed by atoms with E-state index in [1.807, 2.05) is 0 Å². The molecular weight excluding hydrogens is 306 g/mol. The molecule has 3 aliphatic rings. The Morgan fingerprint density at radius 2 is 1.83 bits per heavy atom. The Kier molecular flexibility index (Phi) is 3.63. The highest BCUT2D eigenvalue weighted by atomic mass is 19.2. The first-order valence-corrected chi connectivity index (χ1v) is 7.49. The van der Waals surface area contributed by atoms with Crippen molar-refractivity contribution in [1.29, 1.82) is 0 Å². The maximum Gasteiger partial charge on any atom is 0.259 e. The monoisotopic (exact) mass is 324 g/mol. The summed E-state index contributed by atoms with van der Waals surface area (Å²) in [6.45, 7) is 0. The van der Waals surface area contributed by atoms with Crippen molar-refractivity contribution < 1.29 is 23.1 Å². The first-order chi connectivity index (χ1) is 10.8. The molecule has 0 radical (unpaired) electrons. The maximum absolute atomic E-state index is 13.3. The molecule has 124 valence electrons. The number of benzene rings is 1. The number of Topliss-reactive ketones (excluding diaryl/α,β-unsaturated/α-hetero) is 1. The van der Waals surface area contributed by atoms with Gasteiger partial charge in [0.05, 0.1) is 5.54 Å². The maximum atomic E-state index is 13.3. The molecular formula is C16H18F2N2O3. The van der Waals surface area contributed by atoms with Crippen LogP contribution in [-0.4, -0.2) is 23.3 Å².